The van der Waals surface area contributed by atoms with Gasteiger partial charge in [0, 0.05) is 109 Å². The van der Waals surface area contributed by atoms with Gasteiger partial charge in [-0.25, -0.2) is 0 Å². The molecule has 471 valence electrons. The van der Waals surface area contributed by atoms with Gasteiger partial charge in [0.25, 0.3) is 16.6 Å². The minimum Gasteiger partial charge on any atom is -0.407 e. The van der Waals surface area contributed by atoms with Gasteiger partial charge in [-0.3, -0.25) is 9.59 Å². The first-order valence-electron chi connectivity index (χ1n) is 31.8. The number of hydrogen-bond donors (Lipinski definition) is 1. The molecule has 1 unspecified atom stereocenters. The SMILES string of the molecule is C#CCCCO.C#CCCCO[Si](c1ccccc1)(c1ccccc1)C(C)(C)C.C=C(CCCC)c1ccc(Cl)c(C=O)c1.C=C(I)CCCO[Si](c1ccccc1)(c1ccccc1)C(C)(C)C.CCCCC(C)c1ccc(Cl)c(C=O)c1.[B][B]B(B([B])[B])B([B])[B]. The van der Waals surface area contributed by atoms with E-state index in [2.05, 4.69) is 231 Å². The zero-order chi connectivity index (χ0) is 69.2. The maximum absolute atomic E-state index is 10.7. The number of rotatable bonds is 28. The Labute approximate surface area is 591 Å². The number of aliphatic hydroxyl groups is 1. The van der Waals surface area contributed by atoms with Crippen molar-refractivity contribution in [3.05, 3.63) is 207 Å². The second kappa shape index (κ2) is 47.4. The molecule has 19 heteroatoms. The summed E-state index contributed by atoms with van der Waals surface area (Å²) in [6, 6.07) is 54.2. The van der Waals surface area contributed by atoms with Gasteiger partial charge in [0.05, 0.1) is 10.0 Å². The third kappa shape index (κ3) is 29.6. The molecule has 6 rings (SSSR count). The molecule has 0 fully saturated rings. The molecule has 6 aromatic rings. The van der Waals surface area contributed by atoms with Crippen LogP contribution in [0.3, 0.4) is 0 Å². The van der Waals surface area contributed by atoms with Gasteiger partial charge in [-0.15, -0.1) is 24.7 Å². The third-order valence-electron chi connectivity index (χ3n) is 15.2. The van der Waals surface area contributed by atoms with Crippen LogP contribution in [0.1, 0.15) is 177 Å². The van der Waals surface area contributed by atoms with Crippen LogP contribution in [0.5, 0.6) is 0 Å². The molecule has 0 saturated carbocycles. The van der Waals surface area contributed by atoms with Crippen LogP contribution in [-0.4, -0.2) is 119 Å². The standard InChI is InChI=1S/C21H27IOSi.C21H26OSi.C13H17ClO.C13H15ClO.C5H8O.B9/c1-18(22)12-11-17-23-24(21(2,3)4,19-13-7-5-8-14-19)20-15-9-6-10-16-20;1-5-6-13-18-22-23(21(2,3)4,19-14-9-7-10-15-19)20-16-11-8-12-17-20;2*1-3-4-5-10(2)11-6-7-13(14)12(8-11)9-15;1-2-3-4-5-6;1-6-9(7(2)3)8(4)5/h5-10,13-16H,1,11-12,17H2,2-4H3;1,7-12,14-17H,6,13,18H2,2-4H3;6-10H,3-5H2,1-2H3;6-9H,2-5H2,1H3;1,6H,3-5H2;. The summed E-state index contributed by atoms with van der Waals surface area (Å²) in [5.41, 5.74) is 4.41. The Morgan fingerprint density at radius 2 is 1.01 bits per heavy atom. The highest BCUT2D eigenvalue weighted by molar-refractivity contribution is 14.1. The first-order chi connectivity index (χ1) is 43.8. The second-order valence-corrected chi connectivity index (χ2v) is 35.4. The lowest BCUT2D eigenvalue weighted by Gasteiger charge is -2.43. The molecule has 0 bridgehead atoms. The van der Waals surface area contributed by atoms with Crippen molar-refractivity contribution in [1.82, 2.24) is 0 Å². The fourth-order valence-corrected chi connectivity index (χ4v) is 20.0. The normalized spacial score (nSPS) is 11.1. The molecule has 0 saturated heterocycles. The molecule has 0 aliphatic rings. The molecule has 0 aromatic heterocycles. The van der Waals surface area contributed by atoms with Gasteiger partial charge in [-0.2, -0.15) is 0 Å². The minimum atomic E-state index is -2.37. The zero-order valence-corrected chi connectivity index (χ0v) is 62.0. The summed E-state index contributed by atoms with van der Waals surface area (Å²) < 4.78 is 14.7. The Kier molecular flexibility index (Phi) is 44.0. The molecule has 6 aromatic carbocycles. The highest BCUT2D eigenvalue weighted by Crippen LogP contribution is 2.38. The summed E-state index contributed by atoms with van der Waals surface area (Å²) in [6.45, 7) is 30.0. The van der Waals surface area contributed by atoms with Crippen LogP contribution in [0.25, 0.3) is 5.57 Å². The summed E-state index contributed by atoms with van der Waals surface area (Å²) >= 11 is 14.0. The highest BCUT2D eigenvalue weighted by atomic mass is 127. The van der Waals surface area contributed by atoms with Gasteiger partial charge in [-0.1, -0.05) is 251 Å². The molecule has 11 radical (unpaired) electrons. The van der Waals surface area contributed by atoms with Gasteiger partial charge in [0.2, 0.25) is 0 Å². The predicted molar refractivity (Wildman–Crippen MR) is 425 cm³/mol. The fraction of sp³-hybridized carbons (Fsp3) is 0.370. The van der Waals surface area contributed by atoms with Crippen molar-refractivity contribution in [1.29, 1.82) is 0 Å². The topological polar surface area (TPSA) is 72.8 Å². The Morgan fingerprint density at radius 1 is 0.620 bits per heavy atom. The predicted octanol–water partition coefficient (Wildman–Crippen LogP) is 15.0. The number of carbonyl (C=O) groups excluding carboxylic acids is 2. The molecule has 0 amide bonds. The van der Waals surface area contributed by atoms with Gasteiger partial charge >= 0.3 is 0 Å². The zero-order valence-electron chi connectivity index (χ0n) is 56.3. The maximum atomic E-state index is 10.7. The quantitative estimate of drug-likeness (QED) is 0.0174. The number of allylic oxidation sites excluding steroid dienone is 2. The molecule has 92 heavy (non-hydrogen) atoms. The molecule has 0 spiro atoms. The minimum absolute atomic E-state index is 0.0336. The van der Waals surface area contributed by atoms with Crippen LogP contribution in [0.2, 0.25) is 20.1 Å². The Bertz CT molecular complexity index is 3020. The first kappa shape index (κ1) is 85.5. The van der Waals surface area contributed by atoms with Crippen molar-refractivity contribution in [2.45, 2.75) is 155 Å². The smallest absolute Gasteiger partial charge is 0.261 e. The van der Waals surface area contributed by atoms with Crippen molar-refractivity contribution < 1.29 is 23.5 Å². The molecule has 1 N–H and O–H groups in total. The maximum Gasteiger partial charge on any atom is 0.261 e. The van der Waals surface area contributed by atoms with Gasteiger partial charge in [0.1, 0.15) is 0 Å². The van der Waals surface area contributed by atoms with E-state index in [9.17, 15) is 9.59 Å². The van der Waals surface area contributed by atoms with E-state index in [4.69, 9.17) is 88.7 Å². The number of carbonyl (C=O) groups is 2. The number of aliphatic hydroxyl groups excluding tert-OH is 1. The highest BCUT2D eigenvalue weighted by Gasteiger charge is 2.51. The third-order valence-corrected chi connectivity index (χ3v) is 26.5. The van der Waals surface area contributed by atoms with E-state index in [1.807, 2.05) is 24.3 Å². The number of hydrogen-bond acceptors (Lipinski definition) is 5. The Morgan fingerprint density at radius 3 is 1.34 bits per heavy atom. The van der Waals surface area contributed by atoms with E-state index >= 15 is 0 Å². The van der Waals surface area contributed by atoms with Gasteiger partial charge in [0.15, 0.2) is 12.6 Å². The number of terminal acetylenes is 2. The molecule has 1 atom stereocenters. The average molecular weight is 1400 g/mol. The van der Waals surface area contributed by atoms with E-state index in [-0.39, 0.29) is 23.1 Å². The Hall–Kier alpha value is -4.53. The molecule has 0 aliphatic carbocycles. The lowest BCUT2D eigenvalue weighted by atomic mass is 8.64. The number of benzene rings is 6. The van der Waals surface area contributed by atoms with Crippen molar-refractivity contribution in [2.24, 2.45) is 0 Å². The van der Waals surface area contributed by atoms with Gasteiger partial charge < -0.3 is 14.0 Å². The van der Waals surface area contributed by atoms with Crippen LogP contribution in [0.15, 0.2) is 174 Å². The number of unbranched alkanes of at least 4 members (excludes halogenated alkanes) is 4. The van der Waals surface area contributed by atoms with E-state index in [0.717, 1.165) is 88.1 Å². The lowest BCUT2D eigenvalue weighted by molar-refractivity contribution is 0.111. The number of aldehydes is 2. The molecule has 0 heterocycles. The van der Waals surface area contributed by atoms with Crippen LogP contribution < -0.4 is 20.7 Å². The van der Waals surface area contributed by atoms with Crippen molar-refractivity contribution in [3.8, 4) is 24.7 Å². The summed E-state index contributed by atoms with van der Waals surface area (Å²) in [7, 11) is 22.7. The van der Waals surface area contributed by atoms with E-state index < -0.39 is 29.4 Å². The second-order valence-electron chi connectivity index (χ2n) is 24.4. The summed E-state index contributed by atoms with van der Waals surface area (Å²) in [5.74, 6) is 5.62. The van der Waals surface area contributed by atoms with Crippen molar-refractivity contribution in [2.75, 3.05) is 19.8 Å². The Balaban J connectivity index is 0.000000579. The average Bonchev–Trinajstić information content (AvgIpc) is 0.760. The summed E-state index contributed by atoms with van der Waals surface area (Å²) in [6.07, 6.45) is 22.3. The summed E-state index contributed by atoms with van der Waals surface area (Å²) in [5, 5.41) is 14.6. The fourth-order valence-electron chi connectivity index (χ4n) is 10.1. The van der Waals surface area contributed by atoms with Crippen LogP contribution in [0, 0.1) is 24.7 Å². The lowest BCUT2D eigenvalue weighted by Crippen LogP contribution is -2.66. The molecule has 0 aliphatic heterocycles. The van der Waals surface area contributed by atoms with Gasteiger partial charge in [-0.05, 0) is 149 Å². The van der Waals surface area contributed by atoms with Crippen LogP contribution in [0.4, 0.5) is 0 Å². The monoisotopic (exact) mass is 1400 g/mol. The van der Waals surface area contributed by atoms with Crippen LogP contribution >= 0.6 is 45.8 Å². The van der Waals surface area contributed by atoms with E-state index in [0.29, 0.717) is 40.1 Å². The van der Waals surface area contributed by atoms with Crippen molar-refractivity contribution >= 4 is 166 Å². The number of halogens is 3. The summed E-state index contributed by atoms with van der Waals surface area (Å²) in [4.78, 5) is 21.4. The van der Waals surface area contributed by atoms with E-state index in [1.165, 1.54) is 49.8 Å². The largest absolute Gasteiger partial charge is 0.407 e. The first-order valence-corrected chi connectivity index (χ1v) is 37.5. The van der Waals surface area contributed by atoms with Crippen molar-refractivity contribution in [3.63, 3.8) is 0 Å². The van der Waals surface area contributed by atoms with Crippen LogP contribution in [-0.2, 0) is 8.85 Å². The molecular weight excluding hydrogens is 1310 g/mol. The molecular formula is C73H93B9Cl2IO5Si2. The van der Waals surface area contributed by atoms with E-state index in [1.54, 1.807) is 12.1 Å². The molecule has 5 nitrogen and oxygen atoms in total.